The average molecular weight is 299 g/mol. The van der Waals surface area contributed by atoms with Crippen molar-refractivity contribution in [3.8, 4) is 0 Å². The number of hydrogen-bond donors (Lipinski definition) is 0. The van der Waals surface area contributed by atoms with Gasteiger partial charge >= 0.3 is 0 Å². The number of nitrogens with zero attached hydrogens (tertiary/aromatic N) is 1. The molecule has 3 rings (SSSR count). The highest BCUT2D eigenvalue weighted by atomic mass is 16.5. The van der Waals surface area contributed by atoms with Gasteiger partial charge in [0.15, 0.2) is 0 Å². The minimum Gasteiger partial charge on any atom is -0.469 e. The fourth-order valence-electron chi connectivity index (χ4n) is 2.85. The van der Waals surface area contributed by atoms with Gasteiger partial charge in [-0.05, 0) is 24.1 Å². The predicted octanol–water partition coefficient (Wildman–Crippen LogP) is 2.85. The van der Waals surface area contributed by atoms with Crippen LogP contribution >= 0.6 is 0 Å². The second kappa shape index (κ2) is 7.27. The Morgan fingerprint density at radius 2 is 1.86 bits per heavy atom. The zero-order chi connectivity index (χ0) is 15.2. The van der Waals surface area contributed by atoms with Gasteiger partial charge in [-0.25, -0.2) is 0 Å². The van der Waals surface area contributed by atoms with Crippen molar-refractivity contribution in [3.63, 3.8) is 0 Å². The molecule has 22 heavy (non-hydrogen) atoms. The molecular formula is C18H21NO3. The third kappa shape index (κ3) is 3.77. The normalized spacial score (nSPS) is 16.5. The average Bonchev–Trinajstić information content (AvgIpc) is 3.10. The molecule has 0 radical (unpaired) electrons. The van der Waals surface area contributed by atoms with Crippen LogP contribution in [0.3, 0.4) is 0 Å². The van der Waals surface area contributed by atoms with Crippen molar-refractivity contribution in [3.05, 3.63) is 60.1 Å². The molecule has 1 atom stereocenters. The zero-order valence-corrected chi connectivity index (χ0v) is 12.6. The van der Waals surface area contributed by atoms with E-state index in [9.17, 15) is 4.79 Å². The third-order valence-electron chi connectivity index (χ3n) is 4.06. The second-order valence-corrected chi connectivity index (χ2v) is 5.60. The van der Waals surface area contributed by atoms with E-state index in [2.05, 4.69) is 12.1 Å². The van der Waals surface area contributed by atoms with Gasteiger partial charge in [-0.15, -0.1) is 0 Å². The summed E-state index contributed by atoms with van der Waals surface area (Å²) >= 11 is 0. The van der Waals surface area contributed by atoms with Crippen LogP contribution in [0.15, 0.2) is 53.1 Å². The van der Waals surface area contributed by atoms with Crippen molar-refractivity contribution in [2.24, 2.45) is 0 Å². The van der Waals surface area contributed by atoms with Crippen molar-refractivity contribution >= 4 is 5.91 Å². The molecule has 1 saturated heterocycles. The smallest absolute Gasteiger partial charge is 0.223 e. The van der Waals surface area contributed by atoms with Crippen LogP contribution in [0.1, 0.15) is 23.7 Å². The van der Waals surface area contributed by atoms with Crippen molar-refractivity contribution in [2.45, 2.75) is 18.8 Å². The van der Waals surface area contributed by atoms with E-state index in [-0.39, 0.29) is 11.8 Å². The molecule has 1 aliphatic rings. The quantitative estimate of drug-likeness (QED) is 0.852. The summed E-state index contributed by atoms with van der Waals surface area (Å²) < 4.78 is 10.9. The summed E-state index contributed by atoms with van der Waals surface area (Å²) in [5, 5.41) is 0. The Kier molecular flexibility index (Phi) is 4.91. The summed E-state index contributed by atoms with van der Waals surface area (Å²) in [6.07, 6.45) is 2.96. The highest BCUT2D eigenvalue weighted by Crippen LogP contribution is 2.26. The van der Waals surface area contributed by atoms with Gasteiger partial charge in [0.2, 0.25) is 5.91 Å². The van der Waals surface area contributed by atoms with Crippen LogP contribution < -0.4 is 0 Å². The number of hydrogen-bond acceptors (Lipinski definition) is 3. The van der Waals surface area contributed by atoms with Crippen LogP contribution in [-0.4, -0.2) is 37.1 Å². The van der Waals surface area contributed by atoms with Crippen LogP contribution in [0.5, 0.6) is 0 Å². The molecule has 1 aliphatic heterocycles. The van der Waals surface area contributed by atoms with Crippen molar-refractivity contribution in [1.82, 2.24) is 4.90 Å². The van der Waals surface area contributed by atoms with Gasteiger partial charge < -0.3 is 14.1 Å². The first-order valence-corrected chi connectivity index (χ1v) is 7.76. The molecule has 1 amide bonds. The molecule has 1 aromatic carbocycles. The second-order valence-electron chi connectivity index (χ2n) is 5.60. The number of amides is 1. The van der Waals surface area contributed by atoms with E-state index in [1.54, 1.807) is 6.26 Å². The predicted molar refractivity (Wildman–Crippen MR) is 83.6 cm³/mol. The number of rotatable bonds is 5. The van der Waals surface area contributed by atoms with E-state index in [0.29, 0.717) is 32.7 Å². The van der Waals surface area contributed by atoms with Crippen LogP contribution in [-0.2, 0) is 16.0 Å². The maximum Gasteiger partial charge on any atom is 0.223 e. The molecule has 0 N–H and O–H groups in total. The van der Waals surface area contributed by atoms with Gasteiger partial charge in [-0.3, -0.25) is 4.79 Å². The summed E-state index contributed by atoms with van der Waals surface area (Å²) in [7, 11) is 0. The van der Waals surface area contributed by atoms with E-state index in [1.165, 1.54) is 5.56 Å². The Balaban J connectivity index is 1.70. The van der Waals surface area contributed by atoms with Crippen LogP contribution in [0.2, 0.25) is 0 Å². The summed E-state index contributed by atoms with van der Waals surface area (Å²) in [5.74, 6) is 1.14. The molecule has 4 nitrogen and oxygen atoms in total. The van der Waals surface area contributed by atoms with Gasteiger partial charge in [0.25, 0.3) is 0 Å². The Morgan fingerprint density at radius 1 is 1.09 bits per heavy atom. The highest BCUT2D eigenvalue weighted by molar-refractivity contribution is 5.77. The minimum atomic E-state index is 0.0766. The lowest BCUT2D eigenvalue weighted by atomic mass is 9.93. The largest absolute Gasteiger partial charge is 0.469 e. The van der Waals surface area contributed by atoms with Crippen molar-refractivity contribution in [1.29, 1.82) is 0 Å². The first-order valence-electron chi connectivity index (χ1n) is 7.76. The number of carbonyl (C=O) groups excluding carboxylic acids is 1. The summed E-state index contributed by atoms with van der Waals surface area (Å²) in [4.78, 5) is 14.4. The summed E-state index contributed by atoms with van der Waals surface area (Å²) in [6, 6.07) is 14.1. The van der Waals surface area contributed by atoms with E-state index in [1.807, 2.05) is 35.2 Å². The maximum atomic E-state index is 12.5. The summed E-state index contributed by atoms with van der Waals surface area (Å²) in [6.45, 7) is 2.65. The number of furan rings is 1. The van der Waals surface area contributed by atoms with Crippen molar-refractivity contribution < 1.29 is 13.9 Å². The lowest BCUT2D eigenvalue weighted by molar-refractivity contribution is -0.135. The zero-order valence-electron chi connectivity index (χ0n) is 12.6. The monoisotopic (exact) mass is 299 g/mol. The third-order valence-corrected chi connectivity index (χ3v) is 4.06. The lowest BCUT2D eigenvalue weighted by Gasteiger charge is -2.28. The fraction of sp³-hybridized carbons (Fsp3) is 0.389. The topological polar surface area (TPSA) is 42.7 Å². The van der Waals surface area contributed by atoms with Crippen LogP contribution in [0, 0.1) is 0 Å². The number of benzene rings is 1. The number of morpholine rings is 1. The van der Waals surface area contributed by atoms with E-state index < -0.39 is 0 Å². The van der Waals surface area contributed by atoms with E-state index in [0.717, 1.165) is 12.2 Å². The van der Waals surface area contributed by atoms with Crippen molar-refractivity contribution in [2.75, 3.05) is 26.3 Å². The summed E-state index contributed by atoms with van der Waals surface area (Å²) in [5.41, 5.74) is 1.22. The molecule has 116 valence electrons. The standard InChI is InChI=1S/C18H21NO3/c20-18(19-8-11-21-12-9-19)14-16(17-7-4-10-22-17)13-15-5-2-1-3-6-15/h1-7,10,16H,8-9,11-14H2. The van der Waals surface area contributed by atoms with E-state index in [4.69, 9.17) is 9.15 Å². The van der Waals surface area contributed by atoms with E-state index >= 15 is 0 Å². The SMILES string of the molecule is O=C(CC(Cc1ccccc1)c1ccco1)N1CCOCC1. The molecule has 1 fully saturated rings. The van der Waals surface area contributed by atoms with Gasteiger partial charge in [-0.1, -0.05) is 30.3 Å². The van der Waals surface area contributed by atoms with Gasteiger partial charge in [0.05, 0.1) is 19.5 Å². The van der Waals surface area contributed by atoms with Gasteiger partial charge in [0.1, 0.15) is 5.76 Å². The molecular weight excluding hydrogens is 278 g/mol. The fourth-order valence-corrected chi connectivity index (χ4v) is 2.85. The molecule has 0 aliphatic carbocycles. The molecule has 0 saturated carbocycles. The Labute approximate surface area is 130 Å². The number of ether oxygens (including phenoxy) is 1. The Hall–Kier alpha value is -2.07. The Bertz CT molecular complexity index is 574. The minimum absolute atomic E-state index is 0.0766. The molecule has 1 unspecified atom stereocenters. The van der Waals surface area contributed by atoms with Crippen LogP contribution in [0.25, 0.3) is 0 Å². The Morgan fingerprint density at radius 3 is 2.55 bits per heavy atom. The van der Waals surface area contributed by atoms with Gasteiger partial charge in [-0.2, -0.15) is 0 Å². The van der Waals surface area contributed by atoms with Gasteiger partial charge in [0, 0.05) is 25.4 Å². The lowest BCUT2D eigenvalue weighted by Crippen LogP contribution is -2.41. The van der Waals surface area contributed by atoms with Crippen LogP contribution in [0.4, 0.5) is 0 Å². The first-order chi connectivity index (χ1) is 10.8. The molecule has 0 bridgehead atoms. The molecule has 2 heterocycles. The highest BCUT2D eigenvalue weighted by Gasteiger charge is 2.24. The molecule has 0 spiro atoms. The molecule has 2 aromatic rings. The molecule has 4 heteroatoms. The number of carbonyl (C=O) groups is 1. The maximum absolute atomic E-state index is 12.5. The first kappa shape index (κ1) is 14.9. The molecule has 1 aromatic heterocycles.